The van der Waals surface area contributed by atoms with Crippen molar-refractivity contribution in [2.75, 3.05) is 46.8 Å². The predicted molar refractivity (Wildman–Crippen MR) is 526 cm³/mol. The summed E-state index contributed by atoms with van der Waals surface area (Å²) >= 11 is 0. The molecule has 0 fully saturated rings. The summed E-state index contributed by atoms with van der Waals surface area (Å²) in [7, 11) is 3.22. The van der Waals surface area contributed by atoms with Crippen LogP contribution in [0.25, 0.3) is 0 Å². The normalized spacial score (nSPS) is 10.6. The summed E-state index contributed by atoms with van der Waals surface area (Å²) in [6.07, 6.45) is 24.6. The number of nitrogens with one attached hydrogen (secondary N) is 8. The number of likely N-dealkylation sites (N-methyl/N-ethyl adjacent to an activating group) is 7. The Hall–Kier alpha value is -6.09. The Labute approximate surface area is 816 Å². The first-order chi connectivity index (χ1) is 59.9. The molecule has 0 heterocycles. The zero-order valence-corrected chi connectivity index (χ0v) is 92.4. The van der Waals surface area contributed by atoms with Crippen molar-refractivity contribution in [2.45, 2.75) is 463 Å². The van der Waals surface area contributed by atoms with Gasteiger partial charge in [-0.25, -0.2) is 6.29 Å². The van der Waals surface area contributed by atoms with Crippen LogP contribution in [0.15, 0.2) is 0 Å². The number of hydrogen-bond acceptors (Lipinski definition) is 25. The third kappa shape index (κ3) is 287. The predicted octanol–water partition coefficient (Wildman–Crippen LogP) is 17.3. The minimum atomic E-state index is -0.950. The Morgan fingerprint density at radius 1 is 0.258 bits per heavy atom. The van der Waals surface area contributed by atoms with Crippen LogP contribution in [0.3, 0.4) is 0 Å². The summed E-state index contributed by atoms with van der Waals surface area (Å²) in [4.78, 5) is 173. The smallest absolute Gasteiger partial charge is 0.303 e. The molecule has 16 N–H and O–H groups in total. The molecule has 0 aliphatic carbocycles. The summed E-state index contributed by atoms with van der Waals surface area (Å²) in [6.45, 7) is 70.8. The van der Waals surface area contributed by atoms with E-state index < -0.39 is 65.9 Å². The van der Waals surface area contributed by atoms with E-state index >= 15 is 0 Å². The molecule has 0 saturated heterocycles. The third-order valence-electron chi connectivity index (χ3n) is 10.7. The molecule has 128 heavy (non-hydrogen) atoms. The molecule has 33 nitrogen and oxygen atoms in total. The molecule has 0 aliphatic heterocycles. The van der Waals surface area contributed by atoms with Crippen molar-refractivity contribution in [3.8, 4) is 0 Å². The first-order valence-corrected chi connectivity index (χ1v) is 46.4. The van der Waals surface area contributed by atoms with Gasteiger partial charge >= 0.3 is 47.8 Å². The monoisotopic (exact) mass is 2070 g/mol. The number of carboxylic acid groups (broad SMARTS) is 8. The van der Waals surface area contributed by atoms with Crippen LogP contribution in [0.4, 0.5) is 0 Å². The van der Waals surface area contributed by atoms with Gasteiger partial charge in [0.15, 0.2) is 0 Å². The van der Waals surface area contributed by atoms with Gasteiger partial charge in [0, 0.05) is 95.4 Å². The zero-order valence-electron chi connectivity index (χ0n) is 87.7. The van der Waals surface area contributed by atoms with Crippen molar-refractivity contribution in [3.63, 3.8) is 0 Å². The molecule has 0 spiro atoms. The maximum absolute atomic E-state index is 10.8. The van der Waals surface area contributed by atoms with Crippen LogP contribution in [0, 0.1) is 44.1 Å². The fourth-order valence-corrected chi connectivity index (χ4v) is 5.79. The van der Waals surface area contributed by atoms with Gasteiger partial charge in [0.25, 0.3) is 0 Å². The average molecular weight is 2070 g/mol. The van der Waals surface area contributed by atoms with E-state index in [4.69, 9.17) is 40.9 Å². The fraction of sp³-hybridized carbons (Fsp3) is 0.819. The van der Waals surface area contributed by atoms with Crippen LogP contribution in [-0.2, 0) is 81.5 Å². The molecular formula is C94H203AcN8O25-. The second kappa shape index (κ2) is 185. The van der Waals surface area contributed by atoms with E-state index in [1.807, 2.05) is 48.5 Å². The summed E-state index contributed by atoms with van der Waals surface area (Å²) < 4.78 is 0. The van der Waals surface area contributed by atoms with E-state index in [-0.39, 0.29) is 144 Å². The van der Waals surface area contributed by atoms with E-state index in [0.29, 0.717) is 90.2 Å². The second-order valence-electron chi connectivity index (χ2n) is 26.7. The summed E-state index contributed by atoms with van der Waals surface area (Å²) in [6, 6.07) is -3.30. The van der Waals surface area contributed by atoms with Crippen molar-refractivity contribution in [1.29, 1.82) is 0 Å². The number of aliphatic carboxylic acids is 8. The SMILES string of the molecule is CC.CC(=O)C(C)N[C@@H](C=O)CCC(=O)O.CCC.CCC.CCC.CCC.CCC.CCC.CCC.CCC.CCC.CCC.CCC.CCC.CCN[C@@H](C=O)CCC(=O)O.CCN[C@@H](C=O)CCC(=O)O.CCN[C@@H](C=O)CCC(=O)O.CCN[C@@H](C=O)CCC(=O)O.CCN[C@@H](C=O)CCC(=O)O.CN[C@@H](C=O)CCC(=O)O.CN[C@H]([C-]=O)CCC(=O)O.[Ac]. The molecule has 0 rings (SSSR count). The van der Waals surface area contributed by atoms with Crippen LogP contribution in [0.5, 0.6) is 0 Å². The molecule has 1 radical (unpaired) electrons. The number of carboxylic acids is 8. The van der Waals surface area contributed by atoms with E-state index in [9.17, 15) is 81.5 Å². The van der Waals surface area contributed by atoms with Gasteiger partial charge in [-0.15, -0.1) is 0 Å². The minimum Gasteiger partial charge on any atom is -0.540 e. The number of carbonyl (C=O) groups is 16. The van der Waals surface area contributed by atoms with Crippen molar-refractivity contribution in [1.82, 2.24) is 42.5 Å². The Bertz CT molecular complexity index is 1930. The molecule has 0 aliphatic rings. The molecular weight excluding hydrogens is 1870 g/mol. The number of hydrogen-bond donors (Lipinski definition) is 16. The fourth-order valence-electron chi connectivity index (χ4n) is 5.79. The van der Waals surface area contributed by atoms with Gasteiger partial charge in [-0.05, 0) is 106 Å². The molecule has 0 aromatic rings. The average Bonchev–Trinajstić information content (AvgIpc) is 0.949. The number of aldehydes is 7. The number of Topliss-reactive ketones (excluding diaryl/α,β-unsaturated/α-hetero) is 1. The standard InChI is InChI=1S/C9H15NO4.5C7H13NO3.C6H11NO3.C6H10NO3.12C3H8.C2H6.Ac/c1-6(7(2)12)10-8(5-11)3-4-9(13)14;5*1-2-8-6(5-9)3-4-7(10)11;2*1-7-5(4-8)2-3-6(9)10;12*1-3-2;1-2;/h5-6,8,10H,3-4H2,1-2H3,(H,13,14);5*5-6,8H,2-4H2,1H3,(H,10,11);4-5,7H,2-3H2,1H3,(H,9,10);5,7H,2-3H2,1H3,(H,9,10);12*3H2,1-2H3;1-2H3;/q;;;;;;;-1;;;;;;;;;;;;;;/t6?,8-;5*6-;2*5-;;;;;;;;;;;;;;/m11111110............../s1. The van der Waals surface area contributed by atoms with E-state index in [1.165, 1.54) is 84.0 Å². The quantitative estimate of drug-likeness (QED) is 0.0199. The first-order valence-electron chi connectivity index (χ1n) is 46.4. The molecule has 773 valence electrons. The third-order valence-corrected chi connectivity index (χ3v) is 10.7. The van der Waals surface area contributed by atoms with Crippen LogP contribution >= 0.6 is 0 Å². The van der Waals surface area contributed by atoms with Gasteiger partial charge in [0.1, 0.15) is 49.8 Å². The maximum Gasteiger partial charge on any atom is 0.303 e. The molecule has 9 atom stereocenters. The number of carbonyl (C=O) groups excluding carboxylic acids is 9. The number of ketones is 1. The van der Waals surface area contributed by atoms with E-state index in [2.05, 4.69) is 209 Å². The Morgan fingerprint density at radius 2 is 0.391 bits per heavy atom. The number of rotatable bonds is 47. The Kier molecular flexibility index (Phi) is 258. The zero-order chi connectivity index (χ0) is 105. The molecule has 1 unspecified atom stereocenters. The largest absolute Gasteiger partial charge is 0.540 e. The Morgan fingerprint density at radius 3 is 0.492 bits per heavy atom. The molecule has 0 aromatic carbocycles. The Balaban J connectivity index is -0.0000000474. The van der Waals surface area contributed by atoms with Gasteiger partial charge in [-0.3, -0.25) is 48.5 Å². The van der Waals surface area contributed by atoms with Crippen molar-refractivity contribution >= 4 is 104 Å². The molecule has 34 heteroatoms. The van der Waals surface area contributed by atoms with E-state index in [0.717, 1.165) is 31.4 Å². The van der Waals surface area contributed by atoms with Crippen LogP contribution in [0.1, 0.15) is 408 Å². The van der Waals surface area contributed by atoms with Crippen molar-refractivity contribution in [3.05, 3.63) is 0 Å². The summed E-state index contributed by atoms with van der Waals surface area (Å²) in [5.41, 5.74) is 0. The van der Waals surface area contributed by atoms with Crippen LogP contribution in [0.2, 0.25) is 0 Å². The van der Waals surface area contributed by atoms with Gasteiger partial charge < -0.3 is 116 Å². The molecule has 0 aromatic heterocycles. The summed E-state index contributed by atoms with van der Waals surface area (Å²) in [5.74, 6) is -7.12. The van der Waals surface area contributed by atoms with Crippen LogP contribution in [-0.4, -0.2) is 246 Å². The second-order valence-corrected chi connectivity index (χ2v) is 26.7. The van der Waals surface area contributed by atoms with Crippen LogP contribution < -0.4 is 42.5 Å². The van der Waals surface area contributed by atoms with Crippen molar-refractivity contribution in [2.24, 2.45) is 0 Å². The van der Waals surface area contributed by atoms with Gasteiger partial charge in [-0.1, -0.05) is 304 Å². The van der Waals surface area contributed by atoms with E-state index in [1.54, 1.807) is 27.3 Å². The first kappa shape index (κ1) is 179. The maximum atomic E-state index is 10.8. The minimum absolute atomic E-state index is 0. The van der Waals surface area contributed by atoms with Crippen molar-refractivity contribution < 1.29 is 166 Å². The topological polar surface area (TPSA) is 548 Å². The summed E-state index contributed by atoms with van der Waals surface area (Å²) in [5, 5.41) is 88.5. The van der Waals surface area contributed by atoms with Gasteiger partial charge in [-0.2, -0.15) is 0 Å². The molecule has 0 saturated carbocycles. The molecule has 0 bridgehead atoms. The van der Waals surface area contributed by atoms with Gasteiger partial charge in [0.2, 0.25) is 0 Å². The molecule has 0 amide bonds. The van der Waals surface area contributed by atoms with Gasteiger partial charge in [0.05, 0.1) is 48.3 Å².